The van der Waals surface area contributed by atoms with E-state index in [0.29, 0.717) is 12.0 Å². The van der Waals surface area contributed by atoms with Crippen molar-refractivity contribution in [3.05, 3.63) is 65.2 Å². The smallest absolute Gasteiger partial charge is 0.251 e. The van der Waals surface area contributed by atoms with E-state index in [4.69, 9.17) is 0 Å². The Balaban J connectivity index is 1.97. The van der Waals surface area contributed by atoms with Gasteiger partial charge in [-0.15, -0.1) is 0 Å². The molecule has 2 aromatic carbocycles. The molecule has 2 aromatic rings. The minimum absolute atomic E-state index is 0.217. The molecular weight excluding hydrogens is 442 g/mol. The van der Waals surface area contributed by atoms with Crippen LogP contribution in [0, 0.1) is 17.6 Å². The first-order chi connectivity index (χ1) is 16.1. The predicted octanol–water partition coefficient (Wildman–Crippen LogP) is 2.78. The predicted molar refractivity (Wildman–Crippen MR) is 125 cm³/mol. The lowest BCUT2D eigenvalue weighted by Gasteiger charge is -2.39. The molecular formula is C25H30F2N4O3. The number of amides is 3. The van der Waals surface area contributed by atoms with Crippen LogP contribution in [0.15, 0.2) is 42.5 Å². The highest BCUT2D eigenvalue weighted by Crippen LogP contribution is 2.32. The molecule has 3 rings (SSSR count). The first-order valence-corrected chi connectivity index (χ1v) is 11.3. The quantitative estimate of drug-likeness (QED) is 0.578. The van der Waals surface area contributed by atoms with Gasteiger partial charge in [0.1, 0.15) is 29.4 Å². The summed E-state index contributed by atoms with van der Waals surface area (Å²) in [4.78, 5) is 40.9. The Kier molecular flexibility index (Phi) is 7.98. The van der Waals surface area contributed by atoms with Gasteiger partial charge in [0.2, 0.25) is 11.8 Å². The Bertz CT molecular complexity index is 1060. The molecule has 182 valence electrons. The summed E-state index contributed by atoms with van der Waals surface area (Å²) >= 11 is 0. The number of hydrogen-bond acceptors (Lipinski definition) is 4. The standard InChI is InChI=1S/C25H30F2N4O3/c1-14(2)20(29-23(32)15(3)28-4)25(34)31-13-12-16-8-5-6-9-17(16)22(31)24(33)30-21-18(26)10-7-11-19(21)27/h5-11,14-15,20,22,28H,12-13H2,1-4H3,(H,29,32)(H,30,33)/t15-,20-,22-/m0/s1. The Hall–Kier alpha value is -3.33. The number of anilines is 1. The number of carbonyl (C=O) groups is 3. The Morgan fingerprint density at radius 3 is 2.26 bits per heavy atom. The molecule has 3 atom stereocenters. The minimum atomic E-state index is -1.11. The summed E-state index contributed by atoms with van der Waals surface area (Å²) < 4.78 is 28.5. The van der Waals surface area contributed by atoms with Gasteiger partial charge < -0.3 is 20.9 Å². The van der Waals surface area contributed by atoms with E-state index < -0.39 is 47.3 Å². The summed E-state index contributed by atoms with van der Waals surface area (Å²) in [5.41, 5.74) is 0.878. The molecule has 1 aliphatic heterocycles. The fourth-order valence-corrected chi connectivity index (χ4v) is 4.00. The van der Waals surface area contributed by atoms with E-state index in [1.165, 1.54) is 11.0 Å². The van der Waals surface area contributed by atoms with Crippen LogP contribution in [0.5, 0.6) is 0 Å². The molecule has 0 saturated heterocycles. The Morgan fingerprint density at radius 1 is 1.00 bits per heavy atom. The number of halogens is 2. The molecule has 34 heavy (non-hydrogen) atoms. The van der Waals surface area contributed by atoms with Crippen molar-refractivity contribution in [2.45, 2.75) is 45.3 Å². The second-order valence-electron chi connectivity index (χ2n) is 8.71. The Morgan fingerprint density at radius 2 is 1.65 bits per heavy atom. The van der Waals surface area contributed by atoms with Crippen molar-refractivity contribution in [2.75, 3.05) is 18.9 Å². The third-order valence-corrected chi connectivity index (χ3v) is 6.08. The number of nitrogens with zero attached hydrogens (tertiary/aromatic N) is 1. The van der Waals surface area contributed by atoms with Crippen LogP contribution in [0.25, 0.3) is 0 Å². The SMILES string of the molecule is CN[C@@H](C)C(=O)N[C@H](C(=O)N1CCc2ccccc2[C@H]1C(=O)Nc1c(F)cccc1F)C(C)C. The highest BCUT2D eigenvalue weighted by molar-refractivity contribution is 6.00. The van der Waals surface area contributed by atoms with Crippen molar-refractivity contribution in [1.82, 2.24) is 15.5 Å². The number of nitrogens with one attached hydrogen (secondary N) is 3. The molecule has 1 heterocycles. The molecule has 3 amide bonds. The van der Waals surface area contributed by atoms with Crippen LogP contribution in [0.4, 0.5) is 14.5 Å². The second kappa shape index (κ2) is 10.7. The van der Waals surface area contributed by atoms with Crippen molar-refractivity contribution in [3.63, 3.8) is 0 Å². The molecule has 1 aliphatic rings. The molecule has 0 aliphatic carbocycles. The summed E-state index contributed by atoms with van der Waals surface area (Å²) in [7, 11) is 1.64. The molecule has 3 N–H and O–H groups in total. The molecule has 9 heteroatoms. The van der Waals surface area contributed by atoms with E-state index in [1.807, 2.05) is 12.1 Å². The maximum absolute atomic E-state index is 14.2. The third-order valence-electron chi connectivity index (χ3n) is 6.08. The molecule has 7 nitrogen and oxygen atoms in total. The number of likely N-dealkylation sites (N-methyl/N-ethyl adjacent to an activating group) is 1. The van der Waals surface area contributed by atoms with Gasteiger partial charge in [-0.3, -0.25) is 14.4 Å². The highest BCUT2D eigenvalue weighted by Gasteiger charge is 2.40. The lowest BCUT2D eigenvalue weighted by Crippen LogP contribution is -2.57. The molecule has 0 fully saturated rings. The fourth-order valence-electron chi connectivity index (χ4n) is 4.00. The van der Waals surface area contributed by atoms with Crippen molar-refractivity contribution < 1.29 is 23.2 Å². The van der Waals surface area contributed by atoms with Gasteiger partial charge in [-0.1, -0.05) is 44.2 Å². The van der Waals surface area contributed by atoms with Gasteiger partial charge >= 0.3 is 0 Å². The summed E-state index contributed by atoms with van der Waals surface area (Å²) in [6.07, 6.45) is 0.505. The number of fused-ring (bicyclic) bond motifs is 1. The van der Waals surface area contributed by atoms with Crippen LogP contribution in [0.2, 0.25) is 0 Å². The third kappa shape index (κ3) is 5.25. The number of rotatable bonds is 7. The molecule has 0 unspecified atom stereocenters. The maximum Gasteiger partial charge on any atom is 0.251 e. The average molecular weight is 473 g/mol. The van der Waals surface area contributed by atoms with Crippen LogP contribution in [-0.4, -0.2) is 48.3 Å². The summed E-state index contributed by atoms with van der Waals surface area (Å²) in [6.45, 7) is 5.49. The largest absolute Gasteiger partial charge is 0.343 e. The van der Waals surface area contributed by atoms with E-state index in [-0.39, 0.29) is 18.4 Å². The van der Waals surface area contributed by atoms with E-state index in [0.717, 1.165) is 17.7 Å². The minimum Gasteiger partial charge on any atom is -0.343 e. The van der Waals surface area contributed by atoms with E-state index in [1.54, 1.807) is 40.0 Å². The number of benzene rings is 2. The molecule has 0 bridgehead atoms. The number of para-hydroxylation sites is 1. The molecule has 0 radical (unpaired) electrons. The lowest BCUT2D eigenvalue weighted by molar-refractivity contribution is -0.144. The maximum atomic E-state index is 14.2. The lowest BCUT2D eigenvalue weighted by atomic mass is 9.90. The van der Waals surface area contributed by atoms with Gasteiger partial charge in [-0.2, -0.15) is 0 Å². The van der Waals surface area contributed by atoms with Gasteiger partial charge in [-0.05, 0) is 49.6 Å². The topological polar surface area (TPSA) is 90.5 Å². The molecule has 0 aromatic heterocycles. The molecule has 0 spiro atoms. The van der Waals surface area contributed by atoms with Crippen LogP contribution in [0.1, 0.15) is 37.9 Å². The normalized spacial score (nSPS) is 17.0. The van der Waals surface area contributed by atoms with Crippen LogP contribution in [0.3, 0.4) is 0 Å². The summed E-state index contributed by atoms with van der Waals surface area (Å²) in [5.74, 6) is -3.60. The number of hydrogen-bond donors (Lipinski definition) is 3. The Labute approximate surface area is 197 Å². The first-order valence-electron chi connectivity index (χ1n) is 11.3. The van der Waals surface area contributed by atoms with E-state index in [2.05, 4.69) is 16.0 Å². The van der Waals surface area contributed by atoms with E-state index >= 15 is 0 Å². The first kappa shape index (κ1) is 25.3. The van der Waals surface area contributed by atoms with Gasteiger partial charge in [0.15, 0.2) is 0 Å². The van der Waals surface area contributed by atoms with Crippen LogP contribution < -0.4 is 16.0 Å². The summed E-state index contributed by atoms with van der Waals surface area (Å²) in [5, 5.41) is 7.93. The number of carbonyl (C=O) groups excluding carboxylic acids is 3. The van der Waals surface area contributed by atoms with Crippen molar-refractivity contribution >= 4 is 23.4 Å². The van der Waals surface area contributed by atoms with Gasteiger partial charge in [0.25, 0.3) is 5.91 Å². The summed E-state index contributed by atoms with van der Waals surface area (Å²) in [6, 6.07) is 7.94. The monoisotopic (exact) mass is 472 g/mol. The fraction of sp³-hybridized carbons (Fsp3) is 0.400. The molecule has 0 saturated carbocycles. The zero-order chi connectivity index (χ0) is 25.0. The van der Waals surface area contributed by atoms with Crippen LogP contribution >= 0.6 is 0 Å². The van der Waals surface area contributed by atoms with Crippen LogP contribution in [-0.2, 0) is 20.8 Å². The average Bonchev–Trinajstić information content (AvgIpc) is 2.82. The van der Waals surface area contributed by atoms with Crippen molar-refractivity contribution in [3.8, 4) is 0 Å². The zero-order valence-electron chi connectivity index (χ0n) is 19.7. The second-order valence-corrected chi connectivity index (χ2v) is 8.71. The van der Waals surface area contributed by atoms with E-state index in [9.17, 15) is 23.2 Å². The highest BCUT2D eigenvalue weighted by atomic mass is 19.1. The van der Waals surface area contributed by atoms with Gasteiger partial charge in [0.05, 0.1) is 6.04 Å². The van der Waals surface area contributed by atoms with Crippen molar-refractivity contribution in [2.24, 2.45) is 5.92 Å². The van der Waals surface area contributed by atoms with Gasteiger partial charge in [0, 0.05) is 6.54 Å². The zero-order valence-corrected chi connectivity index (χ0v) is 19.7. The van der Waals surface area contributed by atoms with Gasteiger partial charge in [-0.25, -0.2) is 8.78 Å². The van der Waals surface area contributed by atoms with Crippen molar-refractivity contribution in [1.29, 1.82) is 0 Å².